The molecule has 0 spiro atoms. The molecule has 1 aromatic heterocycles. The molecule has 0 saturated heterocycles. The van der Waals surface area contributed by atoms with Crippen LogP contribution in [0.25, 0.3) is 0 Å². The Hall–Kier alpha value is -2.49. The molecule has 10 heteroatoms. The molecule has 130 valence electrons. The maximum absolute atomic E-state index is 13.1. The van der Waals surface area contributed by atoms with Crippen LogP contribution in [-0.4, -0.2) is 25.7 Å². The van der Waals surface area contributed by atoms with Gasteiger partial charge in [0.1, 0.15) is 5.76 Å². The zero-order valence-corrected chi connectivity index (χ0v) is 13.0. The molecule has 6 nitrogen and oxygen atoms in total. The van der Waals surface area contributed by atoms with E-state index in [0.717, 1.165) is 0 Å². The smallest absolute Gasteiger partial charge is 0.417 e. The lowest BCUT2D eigenvalue weighted by Gasteiger charge is -2.16. The van der Waals surface area contributed by atoms with Crippen molar-refractivity contribution in [1.82, 2.24) is 0 Å². The van der Waals surface area contributed by atoms with Crippen molar-refractivity contribution >= 4 is 21.5 Å². The fourth-order valence-electron chi connectivity index (χ4n) is 2.03. The van der Waals surface area contributed by atoms with E-state index in [4.69, 9.17) is 9.52 Å². The number of aromatic carboxylic acids is 1. The lowest BCUT2D eigenvalue weighted by atomic mass is 10.1. The molecule has 1 aromatic carbocycles. The van der Waals surface area contributed by atoms with Crippen LogP contribution in [0.4, 0.5) is 18.9 Å². The average molecular weight is 363 g/mol. The number of nitrogens with one attached hydrogen (secondary N) is 1. The Labute approximate surface area is 134 Å². The van der Waals surface area contributed by atoms with Crippen LogP contribution < -0.4 is 5.32 Å². The summed E-state index contributed by atoms with van der Waals surface area (Å²) in [6, 6.07) is 4.08. The molecule has 2 N–H and O–H groups in total. The van der Waals surface area contributed by atoms with Gasteiger partial charge in [-0.1, -0.05) is 0 Å². The molecule has 0 aliphatic heterocycles. The molecule has 2 rings (SSSR count). The van der Waals surface area contributed by atoms with Gasteiger partial charge in [-0.05, 0) is 24.3 Å². The number of rotatable bonds is 5. The van der Waals surface area contributed by atoms with Gasteiger partial charge in [0.15, 0.2) is 9.84 Å². The molecule has 0 bridgehead atoms. The second-order valence-corrected chi connectivity index (χ2v) is 6.89. The summed E-state index contributed by atoms with van der Waals surface area (Å²) >= 11 is 0. The molecule has 0 fully saturated rings. The van der Waals surface area contributed by atoms with E-state index >= 15 is 0 Å². The number of carboxylic acids is 1. The van der Waals surface area contributed by atoms with Crippen LogP contribution in [0.1, 0.15) is 21.7 Å². The third kappa shape index (κ3) is 3.88. The van der Waals surface area contributed by atoms with E-state index in [1.807, 2.05) is 0 Å². The fourth-order valence-corrected chi connectivity index (χ4v) is 2.93. The van der Waals surface area contributed by atoms with Crippen molar-refractivity contribution in [3.8, 4) is 0 Å². The Kier molecular flexibility index (Phi) is 4.61. The number of sulfone groups is 1. The number of carboxylic acid groups (broad SMARTS) is 1. The van der Waals surface area contributed by atoms with Gasteiger partial charge in [0.2, 0.25) is 0 Å². The first-order valence-corrected chi connectivity index (χ1v) is 8.34. The van der Waals surface area contributed by atoms with Crippen molar-refractivity contribution in [2.24, 2.45) is 0 Å². The quantitative estimate of drug-likeness (QED) is 0.848. The van der Waals surface area contributed by atoms with Crippen LogP contribution in [0.5, 0.6) is 0 Å². The molecular weight excluding hydrogens is 351 g/mol. The van der Waals surface area contributed by atoms with Gasteiger partial charge in [0.05, 0.1) is 28.8 Å². The zero-order valence-electron chi connectivity index (χ0n) is 12.2. The van der Waals surface area contributed by atoms with E-state index in [9.17, 15) is 26.4 Å². The van der Waals surface area contributed by atoms with Crippen LogP contribution in [0, 0.1) is 0 Å². The van der Waals surface area contributed by atoms with Gasteiger partial charge in [-0.3, -0.25) is 0 Å². The van der Waals surface area contributed by atoms with Crippen molar-refractivity contribution in [2.45, 2.75) is 17.6 Å². The monoisotopic (exact) mass is 363 g/mol. The van der Waals surface area contributed by atoms with E-state index in [1.54, 1.807) is 12.1 Å². The van der Waals surface area contributed by atoms with Crippen LogP contribution in [0.15, 0.2) is 39.8 Å². The molecule has 0 saturated carbocycles. The summed E-state index contributed by atoms with van der Waals surface area (Å²) in [5.41, 5.74) is -2.38. The largest absolute Gasteiger partial charge is 0.478 e. The Morgan fingerprint density at radius 1 is 1.33 bits per heavy atom. The topological polar surface area (TPSA) is 96.6 Å². The lowest BCUT2D eigenvalue weighted by molar-refractivity contribution is -0.139. The third-order valence-electron chi connectivity index (χ3n) is 3.09. The summed E-state index contributed by atoms with van der Waals surface area (Å²) in [7, 11) is -4.28. The molecular formula is C14H12F3NO5S. The summed E-state index contributed by atoms with van der Waals surface area (Å²) in [6.45, 7) is -0.0667. The van der Waals surface area contributed by atoms with Gasteiger partial charge in [0, 0.05) is 11.9 Å². The van der Waals surface area contributed by atoms with E-state index in [2.05, 4.69) is 5.32 Å². The SMILES string of the molecule is CS(=O)(=O)c1cc(C(=O)O)c(NCc2ccco2)cc1C(F)(F)F. The first-order chi connectivity index (χ1) is 11.0. The number of alkyl halides is 3. The van der Waals surface area contributed by atoms with Crippen LogP contribution in [0.3, 0.4) is 0 Å². The third-order valence-corrected chi connectivity index (χ3v) is 4.22. The molecule has 24 heavy (non-hydrogen) atoms. The van der Waals surface area contributed by atoms with E-state index in [0.29, 0.717) is 24.1 Å². The molecule has 1 heterocycles. The van der Waals surface area contributed by atoms with Crippen molar-refractivity contribution < 1.29 is 35.9 Å². The summed E-state index contributed by atoms with van der Waals surface area (Å²) in [5, 5.41) is 11.7. The predicted octanol–water partition coefficient (Wildman–Crippen LogP) is 3.01. The Morgan fingerprint density at radius 2 is 2.00 bits per heavy atom. The van der Waals surface area contributed by atoms with Crippen LogP contribution in [0.2, 0.25) is 0 Å². The maximum Gasteiger partial charge on any atom is 0.417 e. The highest BCUT2D eigenvalue weighted by molar-refractivity contribution is 7.90. The van der Waals surface area contributed by atoms with Gasteiger partial charge in [-0.25, -0.2) is 13.2 Å². The van der Waals surface area contributed by atoms with Gasteiger partial charge in [-0.15, -0.1) is 0 Å². The molecule has 0 atom stereocenters. The van der Waals surface area contributed by atoms with Gasteiger partial charge < -0.3 is 14.8 Å². The Balaban J connectivity index is 2.58. The van der Waals surface area contributed by atoms with E-state index in [-0.39, 0.29) is 12.2 Å². The normalized spacial score (nSPS) is 12.2. The fraction of sp³-hybridized carbons (Fsp3) is 0.214. The van der Waals surface area contributed by atoms with E-state index in [1.165, 1.54) is 6.26 Å². The van der Waals surface area contributed by atoms with Crippen molar-refractivity contribution in [3.63, 3.8) is 0 Å². The van der Waals surface area contributed by atoms with Crippen molar-refractivity contribution in [1.29, 1.82) is 0 Å². The van der Waals surface area contributed by atoms with E-state index < -0.39 is 38.0 Å². The summed E-state index contributed by atoms with van der Waals surface area (Å²) in [6.07, 6.45) is -3.03. The number of anilines is 1. The van der Waals surface area contributed by atoms with Gasteiger partial charge >= 0.3 is 12.1 Å². The average Bonchev–Trinajstić information content (AvgIpc) is 2.95. The molecule has 2 aromatic rings. The number of halogens is 3. The molecule has 0 amide bonds. The molecule has 0 aliphatic rings. The predicted molar refractivity (Wildman–Crippen MR) is 77.5 cm³/mol. The number of hydrogen-bond donors (Lipinski definition) is 2. The second-order valence-electron chi connectivity index (χ2n) is 4.90. The van der Waals surface area contributed by atoms with Crippen LogP contribution in [-0.2, 0) is 22.6 Å². The second kappa shape index (κ2) is 6.19. The van der Waals surface area contributed by atoms with Gasteiger partial charge in [0.25, 0.3) is 0 Å². The summed E-state index contributed by atoms with van der Waals surface area (Å²) in [5.74, 6) is -1.19. The zero-order chi connectivity index (χ0) is 18.1. The first-order valence-electron chi connectivity index (χ1n) is 6.45. The number of benzene rings is 1. The minimum absolute atomic E-state index is 0.0667. The minimum Gasteiger partial charge on any atom is -0.478 e. The minimum atomic E-state index is -4.96. The van der Waals surface area contributed by atoms with Gasteiger partial charge in [-0.2, -0.15) is 13.2 Å². The number of carbonyl (C=O) groups is 1. The lowest BCUT2D eigenvalue weighted by Crippen LogP contribution is -2.16. The highest BCUT2D eigenvalue weighted by Gasteiger charge is 2.37. The standard InChI is InChI=1S/C14H12F3NO5S/c1-24(21,22)12-5-9(13(19)20)11(6-10(12)14(15,16)17)18-7-8-3-2-4-23-8/h2-6,18H,7H2,1H3,(H,19,20). The highest BCUT2D eigenvalue weighted by atomic mass is 32.2. The number of hydrogen-bond acceptors (Lipinski definition) is 5. The highest BCUT2D eigenvalue weighted by Crippen LogP contribution is 2.37. The summed E-state index contributed by atoms with van der Waals surface area (Å²) < 4.78 is 67.6. The van der Waals surface area contributed by atoms with Crippen molar-refractivity contribution in [3.05, 3.63) is 47.4 Å². The molecule has 0 aliphatic carbocycles. The molecule has 0 radical (unpaired) electrons. The Bertz CT molecular complexity index is 857. The van der Waals surface area contributed by atoms with Crippen LogP contribution >= 0.6 is 0 Å². The molecule has 0 unspecified atom stereocenters. The number of furan rings is 1. The maximum atomic E-state index is 13.1. The summed E-state index contributed by atoms with van der Waals surface area (Å²) in [4.78, 5) is 10.2. The first kappa shape index (κ1) is 17.9. The Morgan fingerprint density at radius 3 is 2.46 bits per heavy atom. The van der Waals surface area contributed by atoms with Crippen molar-refractivity contribution in [2.75, 3.05) is 11.6 Å².